The number of alkyl halides is 1. The summed E-state index contributed by atoms with van der Waals surface area (Å²) in [5, 5.41) is 1.97. The molecular formula is C13H6BrCl2FS2. The van der Waals surface area contributed by atoms with Gasteiger partial charge >= 0.3 is 0 Å². The van der Waals surface area contributed by atoms with Gasteiger partial charge in [0.25, 0.3) is 0 Å². The summed E-state index contributed by atoms with van der Waals surface area (Å²) in [5.74, 6) is -0.354. The van der Waals surface area contributed by atoms with Gasteiger partial charge in [-0.05, 0) is 45.6 Å². The zero-order chi connectivity index (χ0) is 13.6. The standard InChI is InChI=1S/C13H6BrCl2FS2/c14-7-4-9(17)6(3-8(7)15)13(16)12-5-11-10(19-12)1-2-18-11/h1-5,13H. The molecule has 1 aromatic carbocycles. The monoisotopic (exact) mass is 394 g/mol. The molecule has 0 aliphatic heterocycles. The summed E-state index contributed by atoms with van der Waals surface area (Å²) >= 11 is 18.8. The Kier molecular flexibility index (Phi) is 3.89. The van der Waals surface area contributed by atoms with Crippen LogP contribution in [0.5, 0.6) is 0 Å². The van der Waals surface area contributed by atoms with Crippen LogP contribution in [0.4, 0.5) is 4.39 Å². The average Bonchev–Trinajstić information content (AvgIpc) is 2.93. The number of halogens is 4. The topological polar surface area (TPSA) is 0 Å². The van der Waals surface area contributed by atoms with Crippen molar-refractivity contribution in [3.05, 3.63) is 55.4 Å². The molecule has 0 fully saturated rings. The fourth-order valence-corrected chi connectivity index (χ4v) is 4.76. The van der Waals surface area contributed by atoms with E-state index in [1.165, 1.54) is 15.5 Å². The predicted molar refractivity (Wildman–Crippen MR) is 86.5 cm³/mol. The molecule has 0 bridgehead atoms. The number of hydrogen-bond donors (Lipinski definition) is 0. The van der Waals surface area contributed by atoms with Crippen LogP contribution in [0.25, 0.3) is 9.40 Å². The Labute approximate surface area is 135 Å². The highest BCUT2D eigenvalue weighted by molar-refractivity contribution is 9.10. The first-order valence-electron chi connectivity index (χ1n) is 5.31. The van der Waals surface area contributed by atoms with Gasteiger partial charge in [-0.15, -0.1) is 34.3 Å². The SMILES string of the molecule is Fc1cc(Br)c(Cl)cc1C(Cl)c1cc2sccc2s1. The lowest BCUT2D eigenvalue weighted by Crippen LogP contribution is -1.95. The molecule has 0 saturated carbocycles. The summed E-state index contributed by atoms with van der Waals surface area (Å²) in [5.41, 5.74) is 0.406. The van der Waals surface area contributed by atoms with Crippen molar-refractivity contribution >= 4 is 71.2 Å². The second-order valence-corrected chi connectivity index (χ2v) is 7.71. The Bertz CT molecular complexity index is 722. The Morgan fingerprint density at radius 1 is 1.21 bits per heavy atom. The van der Waals surface area contributed by atoms with Crippen LogP contribution >= 0.6 is 61.8 Å². The van der Waals surface area contributed by atoms with Crippen molar-refractivity contribution in [3.8, 4) is 0 Å². The van der Waals surface area contributed by atoms with Crippen molar-refractivity contribution in [2.45, 2.75) is 5.38 Å². The fraction of sp³-hybridized carbons (Fsp3) is 0.0769. The highest BCUT2D eigenvalue weighted by Crippen LogP contribution is 2.41. The van der Waals surface area contributed by atoms with Crippen LogP contribution in [0.3, 0.4) is 0 Å². The van der Waals surface area contributed by atoms with Crippen molar-refractivity contribution in [2.24, 2.45) is 0 Å². The lowest BCUT2D eigenvalue weighted by molar-refractivity contribution is 0.612. The van der Waals surface area contributed by atoms with Crippen molar-refractivity contribution in [3.63, 3.8) is 0 Å². The first-order valence-corrected chi connectivity index (χ1v) is 8.62. The van der Waals surface area contributed by atoms with E-state index in [0.717, 1.165) is 4.88 Å². The van der Waals surface area contributed by atoms with E-state index in [9.17, 15) is 4.39 Å². The zero-order valence-electron chi connectivity index (χ0n) is 9.29. The van der Waals surface area contributed by atoms with Gasteiger partial charge in [0.15, 0.2) is 0 Å². The van der Waals surface area contributed by atoms with Crippen LogP contribution in [-0.4, -0.2) is 0 Å². The molecule has 0 radical (unpaired) electrons. The minimum Gasteiger partial charge on any atom is -0.207 e. The minimum atomic E-state index is -0.518. The number of hydrogen-bond acceptors (Lipinski definition) is 2. The number of rotatable bonds is 2. The van der Waals surface area contributed by atoms with Gasteiger partial charge in [-0.25, -0.2) is 4.39 Å². The van der Waals surface area contributed by atoms with Crippen molar-refractivity contribution in [1.29, 1.82) is 0 Å². The van der Waals surface area contributed by atoms with Crippen LogP contribution in [0.2, 0.25) is 5.02 Å². The maximum atomic E-state index is 14.0. The van der Waals surface area contributed by atoms with E-state index in [1.54, 1.807) is 28.7 Å². The molecule has 1 unspecified atom stereocenters. The van der Waals surface area contributed by atoms with Crippen LogP contribution in [0.1, 0.15) is 15.8 Å². The molecule has 0 saturated heterocycles. The highest BCUT2D eigenvalue weighted by Gasteiger charge is 2.19. The molecule has 3 aromatic rings. The molecule has 0 spiro atoms. The molecule has 6 heteroatoms. The molecule has 0 aliphatic carbocycles. The second kappa shape index (κ2) is 5.34. The van der Waals surface area contributed by atoms with Crippen LogP contribution in [0.15, 0.2) is 34.1 Å². The van der Waals surface area contributed by atoms with Gasteiger partial charge in [0.2, 0.25) is 0 Å². The third kappa shape index (κ3) is 2.57. The first kappa shape index (κ1) is 13.8. The quantitative estimate of drug-likeness (QED) is 0.329. The van der Waals surface area contributed by atoms with Gasteiger partial charge in [-0.3, -0.25) is 0 Å². The summed E-state index contributed by atoms with van der Waals surface area (Å²) in [7, 11) is 0. The second-order valence-electron chi connectivity index (χ2n) is 3.95. The third-order valence-electron chi connectivity index (χ3n) is 2.72. The Morgan fingerprint density at radius 2 is 2.00 bits per heavy atom. The van der Waals surface area contributed by atoms with Crippen LogP contribution in [0, 0.1) is 5.82 Å². The Hall–Kier alpha value is -0.130. The van der Waals surface area contributed by atoms with E-state index >= 15 is 0 Å². The predicted octanol–water partition coefficient (Wildman–Crippen LogP) is 6.85. The van der Waals surface area contributed by atoms with E-state index in [-0.39, 0.29) is 5.82 Å². The molecule has 19 heavy (non-hydrogen) atoms. The minimum absolute atomic E-state index is 0.354. The van der Waals surface area contributed by atoms with Gasteiger partial charge < -0.3 is 0 Å². The van der Waals surface area contributed by atoms with E-state index in [0.29, 0.717) is 15.1 Å². The van der Waals surface area contributed by atoms with Gasteiger partial charge in [-0.1, -0.05) is 11.6 Å². The van der Waals surface area contributed by atoms with E-state index in [1.807, 2.05) is 17.5 Å². The van der Waals surface area contributed by atoms with Crippen molar-refractivity contribution < 1.29 is 4.39 Å². The molecule has 1 atom stereocenters. The summed E-state index contributed by atoms with van der Waals surface area (Å²) in [6.07, 6.45) is 0. The normalized spacial score (nSPS) is 13.1. The molecule has 0 nitrogen and oxygen atoms in total. The lowest BCUT2D eigenvalue weighted by Gasteiger charge is -2.10. The molecular weight excluding hydrogens is 390 g/mol. The third-order valence-corrected chi connectivity index (χ3v) is 6.68. The van der Waals surface area contributed by atoms with Crippen LogP contribution < -0.4 is 0 Å². The largest absolute Gasteiger partial charge is 0.207 e. The molecule has 98 valence electrons. The van der Waals surface area contributed by atoms with Gasteiger partial charge in [0, 0.05) is 24.3 Å². The molecule has 0 amide bonds. The van der Waals surface area contributed by atoms with Gasteiger partial charge in [0.05, 0.1) is 10.4 Å². The fourth-order valence-electron chi connectivity index (χ4n) is 1.79. The van der Waals surface area contributed by atoms with Crippen LogP contribution in [-0.2, 0) is 0 Å². The van der Waals surface area contributed by atoms with Crippen molar-refractivity contribution in [1.82, 2.24) is 0 Å². The average molecular weight is 396 g/mol. The molecule has 2 aromatic heterocycles. The number of benzene rings is 1. The van der Waals surface area contributed by atoms with E-state index < -0.39 is 5.38 Å². The smallest absolute Gasteiger partial charge is 0.129 e. The Morgan fingerprint density at radius 3 is 2.74 bits per heavy atom. The first-order chi connectivity index (χ1) is 9.06. The van der Waals surface area contributed by atoms with E-state index in [2.05, 4.69) is 15.9 Å². The summed E-state index contributed by atoms with van der Waals surface area (Å²) in [6, 6.07) is 6.98. The van der Waals surface area contributed by atoms with E-state index in [4.69, 9.17) is 23.2 Å². The van der Waals surface area contributed by atoms with Crippen molar-refractivity contribution in [2.75, 3.05) is 0 Å². The molecule has 2 heterocycles. The molecule has 0 N–H and O–H groups in total. The maximum Gasteiger partial charge on any atom is 0.129 e. The maximum absolute atomic E-state index is 14.0. The Balaban J connectivity index is 2.06. The number of fused-ring (bicyclic) bond motifs is 1. The molecule has 3 rings (SSSR count). The summed E-state index contributed by atoms with van der Waals surface area (Å²) in [4.78, 5) is 0.931. The lowest BCUT2D eigenvalue weighted by atomic mass is 10.1. The van der Waals surface area contributed by atoms with Gasteiger partial charge in [-0.2, -0.15) is 0 Å². The highest BCUT2D eigenvalue weighted by atomic mass is 79.9. The summed E-state index contributed by atoms with van der Waals surface area (Å²) in [6.45, 7) is 0. The molecule has 0 aliphatic rings. The summed E-state index contributed by atoms with van der Waals surface area (Å²) < 4.78 is 16.9. The van der Waals surface area contributed by atoms with Gasteiger partial charge in [0.1, 0.15) is 5.82 Å². The number of thiophene rings is 2. The zero-order valence-corrected chi connectivity index (χ0v) is 14.0.